The van der Waals surface area contributed by atoms with Gasteiger partial charge in [-0.05, 0) is 26.0 Å². The van der Waals surface area contributed by atoms with Crippen molar-refractivity contribution in [2.75, 3.05) is 14.2 Å². The van der Waals surface area contributed by atoms with Crippen LogP contribution in [0, 0.1) is 0 Å². The van der Waals surface area contributed by atoms with Crippen molar-refractivity contribution in [1.29, 1.82) is 0 Å². The summed E-state index contributed by atoms with van der Waals surface area (Å²) in [6.45, 7) is 2.77. The molecule has 100 valence electrons. The maximum Gasteiger partial charge on any atom is 0.315 e. The SMILES string of the molecule is COC(=O)C(C)(C)c1cc(Br)cc(CF)c1OC. The third-order valence-corrected chi connectivity index (χ3v) is 3.31. The van der Waals surface area contributed by atoms with E-state index < -0.39 is 18.1 Å². The molecule has 0 saturated carbocycles. The van der Waals surface area contributed by atoms with Crippen molar-refractivity contribution < 1.29 is 18.7 Å². The molecule has 3 nitrogen and oxygen atoms in total. The van der Waals surface area contributed by atoms with Gasteiger partial charge in [0.05, 0.1) is 19.6 Å². The molecule has 1 aromatic rings. The standard InChI is InChI=1S/C13H16BrFO3/c1-13(2,12(16)18-4)10-6-9(14)5-8(7-15)11(10)17-3/h5-6H,7H2,1-4H3. The van der Waals surface area contributed by atoms with Crippen LogP contribution in [0.15, 0.2) is 16.6 Å². The molecule has 0 spiro atoms. The van der Waals surface area contributed by atoms with Crippen molar-refractivity contribution in [2.24, 2.45) is 0 Å². The smallest absolute Gasteiger partial charge is 0.315 e. The van der Waals surface area contributed by atoms with Crippen LogP contribution in [-0.4, -0.2) is 20.2 Å². The quantitative estimate of drug-likeness (QED) is 0.798. The van der Waals surface area contributed by atoms with Gasteiger partial charge in [-0.25, -0.2) is 4.39 Å². The molecule has 1 aromatic carbocycles. The molecule has 0 amide bonds. The zero-order valence-corrected chi connectivity index (χ0v) is 12.4. The molecular weight excluding hydrogens is 303 g/mol. The second-order valence-corrected chi connectivity index (χ2v) is 5.31. The molecule has 0 aromatic heterocycles. The number of benzene rings is 1. The van der Waals surface area contributed by atoms with Gasteiger partial charge in [0.1, 0.15) is 12.4 Å². The van der Waals surface area contributed by atoms with E-state index in [0.29, 0.717) is 21.3 Å². The number of carbonyl (C=O) groups excluding carboxylic acids is 1. The molecule has 1 rings (SSSR count). The topological polar surface area (TPSA) is 35.5 Å². The van der Waals surface area contributed by atoms with Crippen LogP contribution in [0.3, 0.4) is 0 Å². The molecule has 0 saturated heterocycles. The Kier molecular flexibility index (Phi) is 4.73. The van der Waals surface area contributed by atoms with Crippen molar-refractivity contribution in [3.8, 4) is 5.75 Å². The number of hydrogen-bond acceptors (Lipinski definition) is 3. The average molecular weight is 319 g/mol. The Morgan fingerprint density at radius 2 is 2.00 bits per heavy atom. The Labute approximate surface area is 114 Å². The Bertz CT molecular complexity index is 458. The lowest BCUT2D eigenvalue weighted by Gasteiger charge is -2.25. The first kappa shape index (κ1) is 15.0. The highest BCUT2D eigenvalue weighted by Gasteiger charge is 2.35. The number of carbonyl (C=O) groups is 1. The number of hydrogen-bond donors (Lipinski definition) is 0. The number of ether oxygens (including phenoxy) is 2. The van der Waals surface area contributed by atoms with Gasteiger partial charge in [0.25, 0.3) is 0 Å². The molecule has 0 fully saturated rings. The van der Waals surface area contributed by atoms with Crippen LogP contribution in [0.4, 0.5) is 4.39 Å². The highest BCUT2D eigenvalue weighted by atomic mass is 79.9. The Morgan fingerprint density at radius 3 is 2.44 bits per heavy atom. The van der Waals surface area contributed by atoms with E-state index in [1.54, 1.807) is 26.0 Å². The molecule has 5 heteroatoms. The second-order valence-electron chi connectivity index (χ2n) is 4.40. The third kappa shape index (κ3) is 2.66. The largest absolute Gasteiger partial charge is 0.496 e. The summed E-state index contributed by atoms with van der Waals surface area (Å²) in [6, 6.07) is 3.38. The molecule has 0 aliphatic heterocycles. The number of methoxy groups -OCH3 is 2. The first-order chi connectivity index (χ1) is 8.38. The molecule has 0 aliphatic carbocycles. The van der Waals surface area contributed by atoms with Gasteiger partial charge in [0, 0.05) is 15.6 Å². The van der Waals surface area contributed by atoms with Crippen LogP contribution in [0.25, 0.3) is 0 Å². The fraction of sp³-hybridized carbons (Fsp3) is 0.462. The third-order valence-electron chi connectivity index (χ3n) is 2.85. The van der Waals surface area contributed by atoms with E-state index in [0.717, 1.165) is 0 Å². The van der Waals surface area contributed by atoms with E-state index in [1.807, 2.05) is 0 Å². The zero-order chi connectivity index (χ0) is 13.9. The predicted molar refractivity (Wildman–Crippen MR) is 70.5 cm³/mol. The van der Waals surface area contributed by atoms with Gasteiger partial charge in [-0.15, -0.1) is 0 Å². The summed E-state index contributed by atoms with van der Waals surface area (Å²) in [4.78, 5) is 11.8. The van der Waals surface area contributed by atoms with Crippen LogP contribution in [0.1, 0.15) is 25.0 Å². The normalized spacial score (nSPS) is 11.2. The van der Waals surface area contributed by atoms with E-state index in [1.165, 1.54) is 14.2 Å². The predicted octanol–water partition coefficient (Wildman–Crippen LogP) is 3.38. The summed E-state index contributed by atoms with van der Waals surface area (Å²) in [6.07, 6.45) is 0. The van der Waals surface area contributed by atoms with Gasteiger partial charge in [-0.2, -0.15) is 0 Å². The molecule has 0 aliphatic rings. The minimum Gasteiger partial charge on any atom is -0.496 e. The monoisotopic (exact) mass is 318 g/mol. The lowest BCUT2D eigenvalue weighted by Crippen LogP contribution is -2.31. The Hall–Kier alpha value is -1.10. The highest BCUT2D eigenvalue weighted by molar-refractivity contribution is 9.10. The maximum absolute atomic E-state index is 13.0. The molecule has 0 N–H and O–H groups in total. The van der Waals surface area contributed by atoms with Crippen LogP contribution >= 0.6 is 15.9 Å². The van der Waals surface area contributed by atoms with Gasteiger partial charge in [-0.1, -0.05) is 15.9 Å². The van der Waals surface area contributed by atoms with Crippen molar-refractivity contribution in [2.45, 2.75) is 25.9 Å². The maximum atomic E-state index is 13.0. The van der Waals surface area contributed by atoms with E-state index in [4.69, 9.17) is 9.47 Å². The average Bonchev–Trinajstić information content (AvgIpc) is 2.36. The number of esters is 1. The van der Waals surface area contributed by atoms with Crippen molar-refractivity contribution in [1.82, 2.24) is 0 Å². The van der Waals surface area contributed by atoms with Crippen LogP contribution < -0.4 is 4.74 Å². The second kappa shape index (κ2) is 5.69. The van der Waals surface area contributed by atoms with Crippen LogP contribution in [0.5, 0.6) is 5.75 Å². The van der Waals surface area contributed by atoms with Crippen LogP contribution in [-0.2, 0) is 21.6 Å². The van der Waals surface area contributed by atoms with Gasteiger partial charge < -0.3 is 9.47 Å². The summed E-state index contributed by atoms with van der Waals surface area (Å²) in [5.74, 6) is -0.0141. The minimum atomic E-state index is -0.909. The zero-order valence-electron chi connectivity index (χ0n) is 10.8. The van der Waals surface area contributed by atoms with Gasteiger partial charge in [0.2, 0.25) is 0 Å². The van der Waals surface area contributed by atoms with Crippen LogP contribution in [0.2, 0.25) is 0 Å². The molecule has 0 atom stereocenters. The van der Waals surface area contributed by atoms with E-state index in [9.17, 15) is 9.18 Å². The molecule has 18 heavy (non-hydrogen) atoms. The van der Waals surface area contributed by atoms with E-state index in [-0.39, 0.29) is 0 Å². The Balaban J connectivity index is 3.48. The lowest BCUT2D eigenvalue weighted by atomic mass is 9.83. The van der Waals surface area contributed by atoms with Gasteiger partial charge in [0.15, 0.2) is 0 Å². The number of rotatable bonds is 4. The van der Waals surface area contributed by atoms with Crippen molar-refractivity contribution in [3.63, 3.8) is 0 Å². The summed E-state index contributed by atoms with van der Waals surface area (Å²) in [5.41, 5.74) is 0.0890. The molecule has 0 radical (unpaired) electrons. The highest BCUT2D eigenvalue weighted by Crippen LogP contribution is 2.38. The lowest BCUT2D eigenvalue weighted by molar-refractivity contribution is -0.146. The first-order valence-corrected chi connectivity index (χ1v) is 6.19. The molecule has 0 bridgehead atoms. The summed E-state index contributed by atoms with van der Waals surface area (Å²) < 4.78 is 23.7. The Morgan fingerprint density at radius 1 is 1.39 bits per heavy atom. The van der Waals surface area contributed by atoms with Gasteiger partial charge in [-0.3, -0.25) is 4.79 Å². The molecular formula is C13H16BrFO3. The molecule has 0 unspecified atom stereocenters. The van der Waals surface area contributed by atoms with E-state index in [2.05, 4.69) is 15.9 Å². The minimum absolute atomic E-state index is 0.385. The fourth-order valence-electron chi connectivity index (χ4n) is 1.82. The first-order valence-electron chi connectivity index (χ1n) is 5.39. The number of alkyl halides is 1. The summed E-state index contributed by atoms with van der Waals surface area (Å²) in [5, 5.41) is 0. The van der Waals surface area contributed by atoms with E-state index >= 15 is 0 Å². The summed E-state index contributed by atoms with van der Waals surface area (Å²) in [7, 11) is 2.78. The van der Waals surface area contributed by atoms with Crippen molar-refractivity contribution >= 4 is 21.9 Å². The molecule has 0 heterocycles. The van der Waals surface area contributed by atoms with Crippen molar-refractivity contribution in [3.05, 3.63) is 27.7 Å². The van der Waals surface area contributed by atoms with Gasteiger partial charge >= 0.3 is 5.97 Å². The number of halogens is 2. The fourth-order valence-corrected chi connectivity index (χ4v) is 2.32. The summed E-state index contributed by atoms with van der Waals surface area (Å²) >= 11 is 3.31.